The molecule has 0 aliphatic heterocycles. The number of aryl methyl sites for hydroxylation is 1. The Kier molecular flexibility index (Phi) is 4.17. The summed E-state index contributed by atoms with van der Waals surface area (Å²) in [5, 5.41) is 0. The standard InChI is InChI=1S/C16H19NO2/c1-11-5-10-15(19-4)16(17-11)14-8-6-13(7-9-14)12(2)18-3/h5-10,12H,1-4H3. The first-order chi connectivity index (χ1) is 9.15. The molecule has 0 aliphatic rings. The monoisotopic (exact) mass is 257 g/mol. The van der Waals surface area contributed by atoms with Crippen LogP contribution in [0.1, 0.15) is 24.3 Å². The zero-order valence-corrected chi connectivity index (χ0v) is 11.8. The molecule has 1 aromatic carbocycles. The van der Waals surface area contributed by atoms with Gasteiger partial charge in [0, 0.05) is 18.4 Å². The fourth-order valence-corrected chi connectivity index (χ4v) is 1.96. The van der Waals surface area contributed by atoms with E-state index in [0.29, 0.717) is 0 Å². The molecule has 19 heavy (non-hydrogen) atoms. The molecule has 0 fully saturated rings. The molecule has 100 valence electrons. The summed E-state index contributed by atoms with van der Waals surface area (Å²) in [7, 11) is 3.38. The van der Waals surface area contributed by atoms with Crippen molar-refractivity contribution in [2.24, 2.45) is 0 Å². The van der Waals surface area contributed by atoms with Gasteiger partial charge in [-0.05, 0) is 31.5 Å². The van der Waals surface area contributed by atoms with Gasteiger partial charge in [-0.15, -0.1) is 0 Å². The van der Waals surface area contributed by atoms with Crippen LogP contribution in [0.25, 0.3) is 11.3 Å². The number of nitrogens with zero attached hydrogens (tertiary/aromatic N) is 1. The van der Waals surface area contributed by atoms with Crippen LogP contribution < -0.4 is 4.74 Å². The van der Waals surface area contributed by atoms with Gasteiger partial charge in [0.05, 0.1) is 13.2 Å². The summed E-state index contributed by atoms with van der Waals surface area (Å²) < 4.78 is 10.7. The zero-order chi connectivity index (χ0) is 13.8. The third-order valence-electron chi connectivity index (χ3n) is 3.22. The van der Waals surface area contributed by atoms with Gasteiger partial charge in [0.25, 0.3) is 0 Å². The minimum Gasteiger partial charge on any atom is -0.494 e. The summed E-state index contributed by atoms with van der Waals surface area (Å²) in [6.45, 7) is 4.00. The molecule has 0 amide bonds. The Bertz CT molecular complexity index is 549. The van der Waals surface area contributed by atoms with E-state index in [1.54, 1.807) is 14.2 Å². The number of ether oxygens (including phenoxy) is 2. The molecule has 1 atom stereocenters. The van der Waals surface area contributed by atoms with Crippen LogP contribution in [0, 0.1) is 6.92 Å². The van der Waals surface area contributed by atoms with Crippen molar-refractivity contribution in [3.8, 4) is 17.0 Å². The van der Waals surface area contributed by atoms with Crippen LogP contribution >= 0.6 is 0 Å². The minimum atomic E-state index is 0.0985. The fourth-order valence-electron chi connectivity index (χ4n) is 1.96. The number of hydrogen-bond acceptors (Lipinski definition) is 3. The van der Waals surface area contributed by atoms with Gasteiger partial charge in [0.1, 0.15) is 11.4 Å². The SMILES string of the molecule is COc1ccc(C)nc1-c1ccc(C(C)OC)cc1. The van der Waals surface area contributed by atoms with Crippen molar-refractivity contribution in [1.82, 2.24) is 4.98 Å². The number of benzene rings is 1. The van der Waals surface area contributed by atoms with Crippen LogP contribution in [0.2, 0.25) is 0 Å². The number of pyridine rings is 1. The largest absolute Gasteiger partial charge is 0.494 e. The second-order valence-corrected chi connectivity index (χ2v) is 4.50. The van der Waals surface area contributed by atoms with Crippen LogP contribution in [-0.4, -0.2) is 19.2 Å². The Morgan fingerprint density at radius 2 is 1.68 bits per heavy atom. The molecule has 0 bridgehead atoms. The van der Waals surface area contributed by atoms with Gasteiger partial charge < -0.3 is 9.47 Å². The second kappa shape index (κ2) is 5.85. The molecule has 0 spiro atoms. The minimum absolute atomic E-state index is 0.0985. The van der Waals surface area contributed by atoms with Crippen molar-refractivity contribution in [3.63, 3.8) is 0 Å². The Morgan fingerprint density at radius 3 is 2.26 bits per heavy atom. The molecule has 1 aromatic heterocycles. The van der Waals surface area contributed by atoms with Crippen LogP contribution in [0.15, 0.2) is 36.4 Å². The molecule has 3 heteroatoms. The lowest BCUT2D eigenvalue weighted by atomic mass is 10.0. The smallest absolute Gasteiger partial charge is 0.145 e. The summed E-state index contributed by atoms with van der Waals surface area (Å²) in [4.78, 5) is 4.55. The van der Waals surface area contributed by atoms with Crippen molar-refractivity contribution in [2.75, 3.05) is 14.2 Å². The summed E-state index contributed by atoms with van der Waals surface area (Å²) in [6, 6.07) is 12.1. The summed E-state index contributed by atoms with van der Waals surface area (Å²) >= 11 is 0. The van der Waals surface area contributed by atoms with Crippen LogP contribution in [-0.2, 0) is 4.74 Å². The lowest BCUT2D eigenvalue weighted by Gasteiger charge is -2.12. The maximum atomic E-state index is 5.37. The van der Waals surface area contributed by atoms with Gasteiger partial charge in [-0.1, -0.05) is 24.3 Å². The van der Waals surface area contributed by atoms with E-state index in [9.17, 15) is 0 Å². The molecule has 1 heterocycles. The number of hydrogen-bond donors (Lipinski definition) is 0. The van der Waals surface area contributed by atoms with Crippen molar-refractivity contribution in [2.45, 2.75) is 20.0 Å². The average Bonchev–Trinajstić information content (AvgIpc) is 2.46. The predicted molar refractivity (Wildman–Crippen MR) is 76.4 cm³/mol. The summed E-state index contributed by atoms with van der Waals surface area (Å²) in [5.41, 5.74) is 4.05. The molecule has 0 saturated heterocycles. The average molecular weight is 257 g/mol. The number of aromatic nitrogens is 1. The van der Waals surface area contributed by atoms with Crippen molar-refractivity contribution in [1.29, 1.82) is 0 Å². The highest BCUT2D eigenvalue weighted by atomic mass is 16.5. The van der Waals surface area contributed by atoms with E-state index in [1.165, 1.54) is 0 Å². The number of methoxy groups -OCH3 is 2. The van der Waals surface area contributed by atoms with E-state index >= 15 is 0 Å². The van der Waals surface area contributed by atoms with Crippen molar-refractivity contribution >= 4 is 0 Å². The Morgan fingerprint density at radius 1 is 1.00 bits per heavy atom. The van der Waals surface area contributed by atoms with Crippen LogP contribution in [0.4, 0.5) is 0 Å². The van der Waals surface area contributed by atoms with Gasteiger partial charge in [0.2, 0.25) is 0 Å². The van der Waals surface area contributed by atoms with E-state index in [2.05, 4.69) is 29.2 Å². The Balaban J connectivity index is 2.39. The highest BCUT2D eigenvalue weighted by Gasteiger charge is 2.09. The third kappa shape index (κ3) is 2.93. The van der Waals surface area contributed by atoms with E-state index < -0.39 is 0 Å². The molecule has 2 rings (SSSR count). The molecule has 2 aromatic rings. The molecule has 3 nitrogen and oxygen atoms in total. The lowest BCUT2D eigenvalue weighted by molar-refractivity contribution is 0.119. The summed E-state index contributed by atoms with van der Waals surface area (Å²) in [5.74, 6) is 0.790. The molecule has 0 aliphatic carbocycles. The van der Waals surface area contributed by atoms with Crippen LogP contribution in [0.5, 0.6) is 5.75 Å². The Labute approximate surface area is 114 Å². The van der Waals surface area contributed by atoms with Crippen LogP contribution in [0.3, 0.4) is 0 Å². The Hall–Kier alpha value is -1.87. The van der Waals surface area contributed by atoms with Crippen molar-refractivity contribution in [3.05, 3.63) is 47.7 Å². The maximum Gasteiger partial charge on any atom is 0.145 e. The maximum absolute atomic E-state index is 5.37. The predicted octanol–water partition coefficient (Wildman–Crippen LogP) is 3.77. The lowest BCUT2D eigenvalue weighted by Crippen LogP contribution is -1.96. The highest BCUT2D eigenvalue weighted by molar-refractivity contribution is 5.66. The quantitative estimate of drug-likeness (QED) is 0.835. The summed E-state index contributed by atoms with van der Waals surface area (Å²) in [6.07, 6.45) is 0.0985. The van der Waals surface area contributed by atoms with Crippen molar-refractivity contribution < 1.29 is 9.47 Å². The highest BCUT2D eigenvalue weighted by Crippen LogP contribution is 2.29. The second-order valence-electron chi connectivity index (χ2n) is 4.50. The first kappa shape index (κ1) is 13.6. The molecule has 1 unspecified atom stereocenters. The van der Waals surface area contributed by atoms with Gasteiger partial charge in [0.15, 0.2) is 0 Å². The third-order valence-corrected chi connectivity index (χ3v) is 3.22. The fraction of sp³-hybridized carbons (Fsp3) is 0.312. The normalized spacial score (nSPS) is 12.2. The molecule has 0 radical (unpaired) electrons. The van der Waals surface area contributed by atoms with Gasteiger partial charge in [-0.3, -0.25) is 0 Å². The molecular formula is C16H19NO2. The van der Waals surface area contributed by atoms with Gasteiger partial charge in [-0.25, -0.2) is 4.98 Å². The molecule has 0 saturated carbocycles. The molecular weight excluding hydrogens is 238 g/mol. The number of rotatable bonds is 4. The first-order valence-corrected chi connectivity index (χ1v) is 6.30. The topological polar surface area (TPSA) is 31.4 Å². The van der Waals surface area contributed by atoms with E-state index in [1.807, 2.05) is 26.0 Å². The van der Waals surface area contributed by atoms with E-state index in [4.69, 9.17) is 9.47 Å². The van der Waals surface area contributed by atoms with E-state index in [-0.39, 0.29) is 6.10 Å². The van der Waals surface area contributed by atoms with Gasteiger partial charge in [-0.2, -0.15) is 0 Å². The van der Waals surface area contributed by atoms with E-state index in [0.717, 1.165) is 28.3 Å². The zero-order valence-electron chi connectivity index (χ0n) is 11.8. The molecule has 0 N–H and O–H groups in total. The van der Waals surface area contributed by atoms with Gasteiger partial charge >= 0.3 is 0 Å². The first-order valence-electron chi connectivity index (χ1n) is 6.30.